The summed E-state index contributed by atoms with van der Waals surface area (Å²) in [5, 5.41) is 0. The van der Waals surface area contributed by atoms with Crippen LogP contribution in [0.25, 0.3) is 0 Å². The Morgan fingerprint density at radius 3 is 2.40 bits per heavy atom. The van der Waals surface area contributed by atoms with Crippen molar-refractivity contribution < 1.29 is 22.7 Å². The topological polar surface area (TPSA) is 93.7 Å². The lowest BCUT2D eigenvalue weighted by atomic mass is 10.1. The summed E-state index contributed by atoms with van der Waals surface area (Å²) in [4.78, 5) is 13.8. The molecule has 0 heterocycles. The molecule has 1 amide bonds. The molecule has 0 aromatic heterocycles. The minimum Gasteiger partial charge on any atom is -0.497 e. The third kappa shape index (κ3) is 5.20. The van der Waals surface area contributed by atoms with Crippen molar-refractivity contribution in [1.82, 2.24) is 10.3 Å². The lowest BCUT2D eigenvalue weighted by Gasteiger charge is -2.11. The summed E-state index contributed by atoms with van der Waals surface area (Å²) < 4.78 is 34.6. The zero-order valence-electron chi connectivity index (χ0n) is 14.2. The van der Waals surface area contributed by atoms with Gasteiger partial charge in [-0.2, -0.15) is 0 Å². The SMILES string of the molecule is COc1ccc(S(=O)(=O)NNC(=O)COc2cc(C)ccc2C)cc1. The number of carbonyl (C=O) groups excluding carboxylic acids is 1. The second kappa shape index (κ2) is 8.00. The highest BCUT2D eigenvalue weighted by molar-refractivity contribution is 7.89. The molecule has 0 fully saturated rings. The first-order valence-electron chi connectivity index (χ1n) is 7.46. The molecule has 0 saturated carbocycles. The lowest BCUT2D eigenvalue weighted by Crippen LogP contribution is -2.43. The van der Waals surface area contributed by atoms with Crippen molar-refractivity contribution in [3.63, 3.8) is 0 Å². The van der Waals surface area contributed by atoms with E-state index in [1.54, 1.807) is 0 Å². The van der Waals surface area contributed by atoms with Gasteiger partial charge in [0.15, 0.2) is 6.61 Å². The Balaban J connectivity index is 1.91. The minimum absolute atomic E-state index is 0.00375. The van der Waals surface area contributed by atoms with Gasteiger partial charge in [0, 0.05) is 0 Å². The van der Waals surface area contributed by atoms with Crippen molar-refractivity contribution >= 4 is 15.9 Å². The molecule has 0 atom stereocenters. The molecule has 134 valence electrons. The normalized spacial score (nSPS) is 11.0. The molecular weight excluding hydrogens is 344 g/mol. The minimum atomic E-state index is -3.87. The largest absolute Gasteiger partial charge is 0.497 e. The number of rotatable bonds is 7. The first-order chi connectivity index (χ1) is 11.8. The average molecular weight is 364 g/mol. The van der Waals surface area contributed by atoms with Gasteiger partial charge in [-0.3, -0.25) is 10.2 Å². The summed E-state index contributed by atoms with van der Waals surface area (Å²) in [5.74, 6) is 0.496. The van der Waals surface area contributed by atoms with Crippen molar-refractivity contribution in [2.24, 2.45) is 0 Å². The van der Waals surface area contributed by atoms with Crippen LogP contribution < -0.4 is 19.7 Å². The number of nitrogens with one attached hydrogen (secondary N) is 2. The molecule has 25 heavy (non-hydrogen) atoms. The third-order valence-corrected chi connectivity index (χ3v) is 4.66. The number of hydrazine groups is 1. The maximum Gasteiger partial charge on any atom is 0.272 e. The van der Waals surface area contributed by atoms with Crippen LogP contribution in [0.5, 0.6) is 11.5 Å². The molecule has 0 bridgehead atoms. The summed E-state index contributed by atoms with van der Waals surface area (Å²) in [6.07, 6.45) is 0. The number of benzene rings is 2. The highest BCUT2D eigenvalue weighted by atomic mass is 32.2. The highest BCUT2D eigenvalue weighted by Crippen LogP contribution is 2.19. The van der Waals surface area contributed by atoms with E-state index in [4.69, 9.17) is 9.47 Å². The van der Waals surface area contributed by atoms with Gasteiger partial charge in [-0.05, 0) is 55.3 Å². The molecule has 8 heteroatoms. The van der Waals surface area contributed by atoms with Crippen molar-refractivity contribution in [3.05, 3.63) is 53.6 Å². The average Bonchev–Trinajstić information content (AvgIpc) is 2.61. The van der Waals surface area contributed by atoms with E-state index in [9.17, 15) is 13.2 Å². The van der Waals surface area contributed by atoms with E-state index >= 15 is 0 Å². The van der Waals surface area contributed by atoms with Gasteiger partial charge in [0.1, 0.15) is 11.5 Å². The summed E-state index contributed by atoms with van der Waals surface area (Å²) >= 11 is 0. The van der Waals surface area contributed by atoms with E-state index in [1.807, 2.05) is 36.9 Å². The van der Waals surface area contributed by atoms with Crippen LogP contribution in [-0.2, 0) is 14.8 Å². The van der Waals surface area contributed by atoms with Crippen molar-refractivity contribution in [3.8, 4) is 11.5 Å². The summed E-state index contributed by atoms with van der Waals surface area (Å²) in [5.41, 5.74) is 4.01. The van der Waals surface area contributed by atoms with Gasteiger partial charge in [0.25, 0.3) is 15.9 Å². The second-order valence-electron chi connectivity index (χ2n) is 5.39. The number of hydrogen-bond acceptors (Lipinski definition) is 5. The fourth-order valence-corrected chi connectivity index (χ4v) is 2.84. The number of aryl methyl sites for hydroxylation is 2. The van der Waals surface area contributed by atoms with Crippen molar-refractivity contribution in [2.75, 3.05) is 13.7 Å². The molecule has 0 aliphatic carbocycles. The Bertz CT molecular complexity index is 848. The van der Waals surface area contributed by atoms with Crippen molar-refractivity contribution in [1.29, 1.82) is 0 Å². The van der Waals surface area contributed by atoms with E-state index in [1.165, 1.54) is 31.4 Å². The standard InChI is InChI=1S/C17H20N2O5S/c1-12-4-5-13(2)16(10-12)24-11-17(20)18-19-25(21,22)15-8-6-14(23-3)7-9-15/h4-10,19H,11H2,1-3H3,(H,18,20). The van der Waals surface area contributed by atoms with Gasteiger partial charge in [-0.1, -0.05) is 12.1 Å². The van der Waals surface area contributed by atoms with Gasteiger partial charge >= 0.3 is 0 Å². The van der Waals surface area contributed by atoms with Crippen LogP contribution in [-0.4, -0.2) is 28.0 Å². The maximum atomic E-state index is 12.1. The van der Waals surface area contributed by atoms with Crippen LogP contribution in [0, 0.1) is 13.8 Å². The van der Waals surface area contributed by atoms with Crippen LogP contribution >= 0.6 is 0 Å². The predicted octanol–water partition coefficient (Wildman–Crippen LogP) is 1.70. The second-order valence-corrected chi connectivity index (χ2v) is 7.07. The molecule has 2 rings (SSSR count). The number of methoxy groups -OCH3 is 1. The highest BCUT2D eigenvalue weighted by Gasteiger charge is 2.15. The third-order valence-electron chi connectivity index (χ3n) is 3.40. The molecule has 0 unspecified atom stereocenters. The molecule has 2 aromatic rings. The fourth-order valence-electron chi connectivity index (χ4n) is 1.98. The molecule has 2 N–H and O–H groups in total. The van der Waals surface area contributed by atoms with E-state index in [2.05, 4.69) is 5.43 Å². The first-order valence-corrected chi connectivity index (χ1v) is 8.95. The molecule has 0 radical (unpaired) electrons. The van der Waals surface area contributed by atoms with Gasteiger partial charge in [-0.15, -0.1) is 4.83 Å². The van der Waals surface area contributed by atoms with Gasteiger partial charge in [0.05, 0.1) is 12.0 Å². The van der Waals surface area contributed by atoms with E-state index in [0.717, 1.165) is 11.1 Å². The Morgan fingerprint density at radius 2 is 1.76 bits per heavy atom. The first kappa shape index (κ1) is 18.8. The molecular formula is C17H20N2O5S. The Kier molecular flexibility index (Phi) is 6.00. The molecule has 0 aliphatic rings. The number of hydrogen-bond donors (Lipinski definition) is 2. The number of amides is 1. The monoisotopic (exact) mass is 364 g/mol. The molecule has 2 aromatic carbocycles. The fraction of sp³-hybridized carbons (Fsp3) is 0.235. The number of ether oxygens (including phenoxy) is 2. The van der Waals surface area contributed by atoms with E-state index in [-0.39, 0.29) is 11.5 Å². The molecule has 0 aliphatic heterocycles. The maximum absolute atomic E-state index is 12.1. The molecule has 0 spiro atoms. The van der Waals surface area contributed by atoms with E-state index in [0.29, 0.717) is 11.5 Å². The van der Waals surface area contributed by atoms with Crippen LogP contribution in [0.15, 0.2) is 47.4 Å². The van der Waals surface area contributed by atoms with Crippen molar-refractivity contribution in [2.45, 2.75) is 18.7 Å². The van der Waals surface area contributed by atoms with Gasteiger partial charge in [-0.25, -0.2) is 8.42 Å². The number of sulfonamides is 1. The van der Waals surface area contributed by atoms with Gasteiger partial charge in [0.2, 0.25) is 0 Å². The van der Waals surface area contributed by atoms with Gasteiger partial charge < -0.3 is 9.47 Å². The van der Waals surface area contributed by atoms with Crippen LogP contribution in [0.2, 0.25) is 0 Å². The zero-order chi connectivity index (χ0) is 18.4. The Hall–Kier alpha value is -2.58. The van der Waals surface area contributed by atoms with Crippen LogP contribution in [0.3, 0.4) is 0 Å². The summed E-state index contributed by atoms with van der Waals surface area (Å²) in [6, 6.07) is 11.4. The zero-order valence-corrected chi connectivity index (χ0v) is 15.0. The van der Waals surface area contributed by atoms with Crippen LogP contribution in [0.4, 0.5) is 0 Å². The Morgan fingerprint density at radius 1 is 1.08 bits per heavy atom. The molecule has 7 nitrogen and oxygen atoms in total. The predicted molar refractivity (Wildman–Crippen MR) is 92.9 cm³/mol. The van der Waals surface area contributed by atoms with Crippen LogP contribution in [0.1, 0.15) is 11.1 Å². The number of carbonyl (C=O) groups is 1. The summed E-state index contributed by atoms with van der Waals surface area (Å²) in [6.45, 7) is 3.46. The Labute approximate surface area is 147 Å². The lowest BCUT2D eigenvalue weighted by molar-refractivity contribution is -0.123. The summed E-state index contributed by atoms with van der Waals surface area (Å²) in [7, 11) is -2.39. The quantitative estimate of drug-likeness (QED) is 0.730. The van der Waals surface area contributed by atoms with E-state index < -0.39 is 15.9 Å². The smallest absolute Gasteiger partial charge is 0.272 e. The molecule has 0 saturated heterocycles.